The van der Waals surface area contributed by atoms with Crippen LogP contribution in [0.25, 0.3) is 0 Å². The summed E-state index contributed by atoms with van der Waals surface area (Å²) in [5.41, 5.74) is 5.84. The van der Waals surface area contributed by atoms with Crippen LogP contribution in [0.1, 0.15) is 18.5 Å². The highest BCUT2D eigenvalue weighted by Gasteiger charge is 2.37. The third-order valence-electron chi connectivity index (χ3n) is 2.66. The standard InChI is InChI=1S/C11H13N5O2/c1-7-14-16(11(12)18)9(10(17)15(7)13)8-5-3-2-4-6-8/h2-6,9H,13H2,1H3,(H2,12,18). The summed E-state index contributed by atoms with van der Waals surface area (Å²) in [7, 11) is 0. The molecule has 0 aromatic heterocycles. The van der Waals surface area contributed by atoms with Crippen LogP contribution >= 0.6 is 0 Å². The summed E-state index contributed by atoms with van der Waals surface area (Å²) in [4.78, 5) is 23.5. The fourth-order valence-electron chi connectivity index (χ4n) is 1.75. The second-order valence-corrected chi connectivity index (χ2v) is 3.85. The number of urea groups is 1. The molecular formula is C11H13N5O2. The molecule has 1 aromatic carbocycles. The molecule has 7 heteroatoms. The average Bonchev–Trinajstić information content (AvgIpc) is 2.36. The first-order chi connectivity index (χ1) is 8.52. The number of hydrogen-bond acceptors (Lipinski definition) is 4. The predicted molar refractivity (Wildman–Crippen MR) is 64.7 cm³/mol. The van der Waals surface area contributed by atoms with Crippen molar-refractivity contribution in [3.05, 3.63) is 35.9 Å². The second-order valence-electron chi connectivity index (χ2n) is 3.85. The Kier molecular flexibility index (Phi) is 2.99. The van der Waals surface area contributed by atoms with E-state index in [9.17, 15) is 9.59 Å². The fourth-order valence-corrected chi connectivity index (χ4v) is 1.75. The third-order valence-corrected chi connectivity index (χ3v) is 2.66. The molecule has 3 amide bonds. The summed E-state index contributed by atoms with van der Waals surface area (Å²) >= 11 is 0. The first-order valence-electron chi connectivity index (χ1n) is 5.30. The van der Waals surface area contributed by atoms with Gasteiger partial charge in [-0.1, -0.05) is 30.3 Å². The summed E-state index contributed by atoms with van der Waals surface area (Å²) in [5, 5.41) is 5.78. The van der Waals surface area contributed by atoms with Gasteiger partial charge in [-0.3, -0.25) is 4.79 Å². The molecule has 1 aliphatic heterocycles. The molecule has 1 aromatic rings. The van der Waals surface area contributed by atoms with Crippen molar-refractivity contribution >= 4 is 17.8 Å². The van der Waals surface area contributed by atoms with Crippen molar-refractivity contribution in [1.29, 1.82) is 0 Å². The van der Waals surface area contributed by atoms with Gasteiger partial charge in [-0.05, 0) is 12.5 Å². The van der Waals surface area contributed by atoms with Gasteiger partial charge in [-0.15, -0.1) is 0 Å². The molecule has 7 nitrogen and oxygen atoms in total. The zero-order valence-corrected chi connectivity index (χ0v) is 9.78. The van der Waals surface area contributed by atoms with E-state index in [0.717, 1.165) is 10.0 Å². The van der Waals surface area contributed by atoms with Crippen LogP contribution < -0.4 is 11.6 Å². The lowest BCUT2D eigenvalue weighted by molar-refractivity contribution is -0.134. The molecule has 0 saturated heterocycles. The van der Waals surface area contributed by atoms with Crippen LogP contribution in [-0.4, -0.2) is 27.8 Å². The molecule has 1 unspecified atom stereocenters. The SMILES string of the molecule is CC1=NN(C(N)=O)C(c2ccccc2)C(=O)N1N. The summed E-state index contributed by atoms with van der Waals surface area (Å²) in [5.74, 6) is 5.35. The molecule has 0 radical (unpaired) electrons. The lowest BCUT2D eigenvalue weighted by atomic mass is 10.1. The van der Waals surface area contributed by atoms with Gasteiger partial charge in [0, 0.05) is 0 Å². The molecule has 1 atom stereocenters. The normalized spacial score (nSPS) is 19.8. The van der Waals surface area contributed by atoms with E-state index < -0.39 is 18.0 Å². The summed E-state index contributed by atoms with van der Waals surface area (Å²) in [6, 6.07) is 7.02. The first-order valence-corrected chi connectivity index (χ1v) is 5.30. The Morgan fingerprint density at radius 1 is 1.33 bits per heavy atom. The van der Waals surface area contributed by atoms with Crippen molar-refractivity contribution in [2.75, 3.05) is 0 Å². The van der Waals surface area contributed by atoms with Gasteiger partial charge >= 0.3 is 6.03 Å². The summed E-state index contributed by atoms with van der Waals surface area (Å²) in [6.07, 6.45) is 0. The lowest BCUT2D eigenvalue weighted by Gasteiger charge is -2.33. The molecule has 0 saturated carbocycles. The molecule has 0 fully saturated rings. The minimum Gasteiger partial charge on any atom is -0.350 e. The molecule has 0 bridgehead atoms. The quantitative estimate of drug-likeness (QED) is 0.545. The zero-order chi connectivity index (χ0) is 13.3. The fraction of sp³-hybridized carbons (Fsp3) is 0.182. The molecule has 0 spiro atoms. The van der Waals surface area contributed by atoms with Gasteiger partial charge in [0.25, 0.3) is 5.91 Å². The van der Waals surface area contributed by atoms with E-state index in [-0.39, 0.29) is 5.84 Å². The maximum atomic E-state index is 12.1. The van der Waals surface area contributed by atoms with Crippen LogP contribution in [0.5, 0.6) is 0 Å². The summed E-state index contributed by atoms with van der Waals surface area (Å²) < 4.78 is 0. The molecular weight excluding hydrogens is 234 g/mol. The number of nitrogens with zero attached hydrogens (tertiary/aromatic N) is 3. The highest BCUT2D eigenvalue weighted by molar-refractivity contribution is 6.02. The molecule has 2 rings (SSSR count). The van der Waals surface area contributed by atoms with Gasteiger partial charge in [0.05, 0.1) is 0 Å². The number of benzene rings is 1. The van der Waals surface area contributed by atoms with Crippen LogP contribution in [0.3, 0.4) is 0 Å². The number of primary amides is 1. The maximum absolute atomic E-state index is 12.1. The number of carbonyl (C=O) groups is 2. The Bertz CT molecular complexity index is 513. The smallest absolute Gasteiger partial charge is 0.336 e. The Hall–Kier alpha value is -2.41. The van der Waals surface area contributed by atoms with Crippen molar-refractivity contribution in [1.82, 2.24) is 10.0 Å². The maximum Gasteiger partial charge on any atom is 0.336 e. The molecule has 18 heavy (non-hydrogen) atoms. The van der Waals surface area contributed by atoms with E-state index in [1.807, 2.05) is 0 Å². The number of hydrazone groups is 1. The zero-order valence-electron chi connectivity index (χ0n) is 9.78. The van der Waals surface area contributed by atoms with Crippen molar-refractivity contribution in [3.63, 3.8) is 0 Å². The highest BCUT2D eigenvalue weighted by atomic mass is 16.2. The summed E-state index contributed by atoms with van der Waals surface area (Å²) in [6.45, 7) is 1.52. The van der Waals surface area contributed by atoms with E-state index in [1.54, 1.807) is 30.3 Å². The molecule has 94 valence electrons. The number of amides is 3. The van der Waals surface area contributed by atoms with Gasteiger partial charge < -0.3 is 5.73 Å². The average molecular weight is 247 g/mol. The number of hydrazine groups is 1. The topological polar surface area (TPSA) is 105 Å². The molecule has 0 aliphatic carbocycles. The van der Waals surface area contributed by atoms with Gasteiger partial charge in [0.1, 0.15) is 5.84 Å². The largest absolute Gasteiger partial charge is 0.350 e. The third kappa shape index (κ3) is 1.91. The Labute approximate surface area is 104 Å². The lowest BCUT2D eigenvalue weighted by Crippen LogP contribution is -2.54. The van der Waals surface area contributed by atoms with E-state index in [2.05, 4.69) is 5.10 Å². The number of rotatable bonds is 1. The number of hydrogen-bond donors (Lipinski definition) is 2. The van der Waals surface area contributed by atoms with Gasteiger partial charge in [0.15, 0.2) is 6.04 Å². The van der Waals surface area contributed by atoms with Crippen molar-refractivity contribution < 1.29 is 9.59 Å². The number of nitrogens with two attached hydrogens (primary N) is 2. The van der Waals surface area contributed by atoms with E-state index in [1.165, 1.54) is 6.92 Å². The van der Waals surface area contributed by atoms with Crippen LogP contribution in [0.15, 0.2) is 35.4 Å². The number of amidine groups is 1. The second kappa shape index (κ2) is 4.46. The van der Waals surface area contributed by atoms with Crippen LogP contribution in [0.4, 0.5) is 4.79 Å². The van der Waals surface area contributed by atoms with Gasteiger partial charge in [-0.25, -0.2) is 15.6 Å². The Balaban J connectivity index is 2.49. The van der Waals surface area contributed by atoms with Crippen LogP contribution in [-0.2, 0) is 4.79 Å². The van der Waals surface area contributed by atoms with Crippen molar-refractivity contribution in [2.24, 2.45) is 16.7 Å². The first kappa shape index (κ1) is 12.1. The Morgan fingerprint density at radius 3 is 2.50 bits per heavy atom. The van der Waals surface area contributed by atoms with Crippen LogP contribution in [0, 0.1) is 0 Å². The monoisotopic (exact) mass is 247 g/mol. The molecule has 4 N–H and O–H groups in total. The Morgan fingerprint density at radius 2 is 1.94 bits per heavy atom. The van der Waals surface area contributed by atoms with E-state index >= 15 is 0 Å². The van der Waals surface area contributed by atoms with Crippen molar-refractivity contribution in [3.8, 4) is 0 Å². The predicted octanol–water partition coefficient (Wildman–Crippen LogP) is 0.158. The number of carbonyl (C=O) groups excluding carboxylic acids is 2. The molecule has 1 aliphatic rings. The van der Waals surface area contributed by atoms with Crippen LogP contribution in [0.2, 0.25) is 0 Å². The van der Waals surface area contributed by atoms with E-state index in [4.69, 9.17) is 11.6 Å². The minimum atomic E-state index is -0.919. The van der Waals surface area contributed by atoms with Gasteiger partial charge in [-0.2, -0.15) is 10.1 Å². The van der Waals surface area contributed by atoms with E-state index in [0.29, 0.717) is 5.56 Å². The minimum absolute atomic E-state index is 0.214. The highest BCUT2D eigenvalue weighted by Crippen LogP contribution is 2.25. The van der Waals surface area contributed by atoms with Gasteiger partial charge in [0.2, 0.25) is 0 Å². The van der Waals surface area contributed by atoms with Crippen molar-refractivity contribution in [2.45, 2.75) is 13.0 Å². The molecule has 1 heterocycles.